The molecule has 0 aliphatic carbocycles. The van der Waals surface area contributed by atoms with Gasteiger partial charge in [0.05, 0.1) is 0 Å². The molecule has 4 rings (SSSR count). The summed E-state index contributed by atoms with van der Waals surface area (Å²) in [6.45, 7) is 1.85. The molecule has 10 heteroatoms. The van der Waals surface area contributed by atoms with Gasteiger partial charge in [-0.1, -0.05) is 36.4 Å². The molecule has 2 aromatic heterocycles. The zero-order valence-electron chi connectivity index (χ0n) is 19.1. The molecule has 0 saturated carbocycles. The topological polar surface area (TPSA) is 100 Å². The van der Waals surface area contributed by atoms with Crippen LogP contribution in [0.3, 0.4) is 0 Å². The second-order valence-electron chi connectivity index (χ2n) is 8.13. The highest BCUT2D eigenvalue weighted by Crippen LogP contribution is 2.29. The average molecular weight is 493 g/mol. The first-order valence-electron chi connectivity index (χ1n) is 11.0. The summed E-state index contributed by atoms with van der Waals surface area (Å²) in [6, 6.07) is 18.1. The standard InChI is InChI=1S/C26H22F3N5O2/c1-16-11-19(14-20(12-16)32-25-30-10-9-22(34-25)26(27,28)29)18-7-8-23(31-15-18)33-21(24(35)36)13-17-5-3-2-4-6-17/h2-12,14-15,21H,13H2,1H3,(H,31,33)(H,35,36)(H,30,32,34)/t21-/m1/s1. The van der Waals surface area contributed by atoms with Crippen LogP contribution in [0.1, 0.15) is 16.8 Å². The second-order valence-corrected chi connectivity index (χ2v) is 8.13. The molecule has 7 nitrogen and oxygen atoms in total. The van der Waals surface area contributed by atoms with Gasteiger partial charge in [0.2, 0.25) is 5.95 Å². The highest BCUT2D eigenvalue weighted by molar-refractivity contribution is 5.77. The quantitative estimate of drug-likeness (QED) is 0.289. The van der Waals surface area contributed by atoms with Crippen LogP contribution in [0, 0.1) is 6.92 Å². The molecule has 2 heterocycles. The largest absolute Gasteiger partial charge is 0.480 e. The van der Waals surface area contributed by atoms with Gasteiger partial charge < -0.3 is 15.7 Å². The lowest BCUT2D eigenvalue weighted by molar-refractivity contribution is -0.141. The van der Waals surface area contributed by atoms with E-state index in [0.29, 0.717) is 17.9 Å². The lowest BCUT2D eigenvalue weighted by atomic mass is 10.0. The number of nitrogens with zero attached hydrogens (tertiary/aromatic N) is 3. The molecule has 184 valence electrons. The van der Waals surface area contributed by atoms with Crippen LogP contribution in [-0.4, -0.2) is 32.1 Å². The molecule has 3 N–H and O–H groups in total. The van der Waals surface area contributed by atoms with Crippen LogP contribution in [0.5, 0.6) is 0 Å². The predicted molar refractivity (Wildman–Crippen MR) is 130 cm³/mol. The number of benzene rings is 2. The Morgan fingerprint density at radius 1 is 1.00 bits per heavy atom. The minimum absolute atomic E-state index is 0.169. The van der Waals surface area contributed by atoms with E-state index in [1.807, 2.05) is 43.3 Å². The number of nitrogens with one attached hydrogen (secondary N) is 2. The van der Waals surface area contributed by atoms with Gasteiger partial charge in [0.25, 0.3) is 0 Å². The number of alkyl halides is 3. The maximum Gasteiger partial charge on any atom is 0.433 e. The van der Waals surface area contributed by atoms with Gasteiger partial charge in [-0.3, -0.25) is 0 Å². The molecule has 0 radical (unpaired) electrons. The van der Waals surface area contributed by atoms with Crippen molar-refractivity contribution in [1.82, 2.24) is 15.0 Å². The number of halogens is 3. The number of aromatic nitrogens is 3. The fourth-order valence-corrected chi connectivity index (χ4v) is 3.61. The number of aliphatic carboxylic acids is 1. The van der Waals surface area contributed by atoms with Crippen molar-refractivity contribution in [2.24, 2.45) is 0 Å². The van der Waals surface area contributed by atoms with Crippen LogP contribution in [0.15, 0.2) is 79.1 Å². The van der Waals surface area contributed by atoms with Gasteiger partial charge in [-0.2, -0.15) is 13.2 Å². The predicted octanol–water partition coefficient (Wildman–Crippen LogP) is 5.72. The van der Waals surface area contributed by atoms with E-state index in [4.69, 9.17) is 0 Å². The van der Waals surface area contributed by atoms with Crippen molar-refractivity contribution in [3.63, 3.8) is 0 Å². The first kappa shape index (κ1) is 24.6. The molecular formula is C26H22F3N5O2. The number of aryl methyl sites for hydroxylation is 1. The Kier molecular flexibility index (Phi) is 7.14. The Bertz CT molecular complexity index is 1350. The lowest BCUT2D eigenvalue weighted by Gasteiger charge is -2.16. The van der Waals surface area contributed by atoms with Gasteiger partial charge >= 0.3 is 12.1 Å². The van der Waals surface area contributed by atoms with Crippen LogP contribution >= 0.6 is 0 Å². The first-order valence-corrected chi connectivity index (χ1v) is 11.0. The van der Waals surface area contributed by atoms with Crippen molar-refractivity contribution in [2.45, 2.75) is 25.6 Å². The average Bonchev–Trinajstić information content (AvgIpc) is 2.84. The lowest BCUT2D eigenvalue weighted by Crippen LogP contribution is -2.31. The minimum atomic E-state index is -4.57. The second kappa shape index (κ2) is 10.4. The van der Waals surface area contributed by atoms with Gasteiger partial charge in [-0.05, 0) is 53.9 Å². The summed E-state index contributed by atoms with van der Waals surface area (Å²) in [5.41, 5.74) is 2.73. The third-order valence-corrected chi connectivity index (χ3v) is 5.28. The van der Waals surface area contributed by atoms with Crippen molar-refractivity contribution in [2.75, 3.05) is 10.6 Å². The zero-order valence-corrected chi connectivity index (χ0v) is 19.1. The van der Waals surface area contributed by atoms with Crippen LogP contribution in [0.4, 0.5) is 30.6 Å². The van der Waals surface area contributed by atoms with Gasteiger partial charge in [0, 0.05) is 30.1 Å². The SMILES string of the molecule is Cc1cc(Nc2nccc(C(F)(F)F)n2)cc(-c2ccc(N[C@H](Cc3ccccc3)C(=O)O)nc2)c1. The Morgan fingerprint density at radius 2 is 1.78 bits per heavy atom. The van der Waals surface area contributed by atoms with E-state index in [1.165, 1.54) is 0 Å². The zero-order chi connectivity index (χ0) is 25.7. The smallest absolute Gasteiger partial charge is 0.433 e. The molecule has 4 aromatic rings. The molecule has 0 bridgehead atoms. The number of carboxylic acid groups (broad SMARTS) is 1. The number of hydrogen-bond donors (Lipinski definition) is 3. The summed E-state index contributed by atoms with van der Waals surface area (Å²) >= 11 is 0. The fourth-order valence-electron chi connectivity index (χ4n) is 3.61. The molecule has 2 aromatic carbocycles. The first-order chi connectivity index (χ1) is 17.2. The maximum absolute atomic E-state index is 13.0. The summed E-state index contributed by atoms with van der Waals surface area (Å²) < 4.78 is 38.9. The number of rotatable bonds is 8. The minimum Gasteiger partial charge on any atom is -0.480 e. The monoisotopic (exact) mass is 493 g/mol. The summed E-state index contributed by atoms with van der Waals surface area (Å²) in [5.74, 6) is -0.751. The van der Waals surface area contributed by atoms with E-state index in [-0.39, 0.29) is 5.95 Å². The van der Waals surface area contributed by atoms with Crippen LogP contribution < -0.4 is 10.6 Å². The molecule has 0 spiro atoms. The third-order valence-electron chi connectivity index (χ3n) is 5.28. The summed E-state index contributed by atoms with van der Waals surface area (Å²) in [6.07, 6.45) is -1.63. The normalized spacial score (nSPS) is 12.1. The molecule has 0 fully saturated rings. The number of anilines is 3. The van der Waals surface area contributed by atoms with Gasteiger partial charge in [0.15, 0.2) is 0 Å². The molecule has 0 aliphatic heterocycles. The van der Waals surface area contributed by atoms with Gasteiger partial charge in [-0.15, -0.1) is 0 Å². The molecule has 0 unspecified atom stereocenters. The molecular weight excluding hydrogens is 471 g/mol. The van der Waals surface area contributed by atoms with Crippen LogP contribution in [0.2, 0.25) is 0 Å². The molecule has 36 heavy (non-hydrogen) atoms. The Hall–Kier alpha value is -4.47. The van der Waals surface area contributed by atoms with E-state index >= 15 is 0 Å². The summed E-state index contributed by atoms with van der Waals surface area (Å²) in [5, 5.41) is 15.4. The van der Waals surface area contributed by atoms with E-state index in [1.54, 1.807) is 30.5 Å². The Labute approximate surface area is 205 Å². The van der Waals surface area contributed by atoms with Gasteiger partial charge in [0.1, 0.15) is 17.6 Å². The fraction of sp³-hybridized carbons (Fsp3) is 0.154. The van der Waals surface area contributed by atoms with Crippen molar-refractivity contribution < 1.29 is 23.1 Å². The maximum atomic E-state index is 13.0. The summed E-state index contributed by atoms with van der Waals surface area (Å²) in [7, 11) is 0. The van der Waals surface area contributed by atoms with Crippen molar-refractivity contribution >= 4 is 23.4 Å². The van der Waals surface area contributed by atoms with Crippen molar-refractivity contribution in [3.05, 3.63) is 95.9 Å². The van der Waals surface area contributed by atoms with E-state index in [0.717, 1.165) is 34.5 Å². The van der Waals surface area contributed by atoms with E-state index in [2.05, 4.69) is 25.6 Å². The third kappa shape index (κ3) is 6.35. The van der Waals surface area contributed by atoms with E-state index < -0.39 is 23.9 Å². The highest BCUT2D eigenvalue weighted by Gasteiger charge is 2.32. The Morgan fingerprint density at radius 3 is 2.44 bits per heavy atom. The number of carboxylic acids is 1. The van der Waals surface area contributed by atoms with Crippen LogP contribution in [-0.2, 0) is 17.4 Å². The number of hydrogen-bond acceptors (Lipinski definition) is 6. The van der Waals surface area contributed by atoms with E-state index in [9.17, 15) is 23.1 Å². The van der Waals surface area contributed by atoms with Gasteiger partial charge in [-0.25, -0.2) is 19.7 Å². The Balaban J connectivity index is 1.51. The molecule has 0 aliphatic rings. The molecule has 0 amide bonds. The molecule has 0 saturated heterocycles. The van der Waals surface area contributed by atoms with Crippen LogP contribution in [0.25, 0.3) is 11.1 Å². The summed E-state index contributed by atoms with van der Waals surface area (Å²) in [4.78, 5) is 23.5. The van der Waals surface area contributed by atoms with Crippen molar-refractivity contribution in [3.8, 4) is 11.1 Å². The highest BCUT2D eigenvalue weighted by atomic mass is 19.4. The number of pyridine rings is 1. The molecule has 1 atom stereocenters. The van der Waals surface area contributed by atoms with Crippen molar-refractivity contribution in [1.29, 1.82) is 0 Å². The number of carbonyl (C=O) groups is 1.